The highest BCUT2D eigenvalue weighted by atomic mass is 16.5. The summed E-state index contributed by atoms with van der Waals surface area (Å²) >= 11 is 0. The van der Waals surface area contributed by atoms with Crippen molar-refractivity contribution in [2.24, 2.45) is 0 Å². The molecule has 0 fully saturated rings. The van der Waals surface area contributed by atoms with Crippen molar-refractivity contribution >= 4 is 16.7 Å². The van der Waals surface area contributed by atoms with E-state index in [1.165, 1.54) is 0 Å². The van der Waals surface area contributed by atoms with E-state index in [1.54, 1.807) is 18.2 Å². The Morgan fingerprint density at radius 1 is 1.05 bits per heavy atom. The lowest BCUT2D eigenvalue weighted by Crippen LogP contribution is -2.02. The molecule has 0 N–H and O–H groups in total. The summed E-state index contributed by atoms with van der Waals surface area (Å²) in [5.41, 5.74) is 0. The fourth-order valence-electron chi connectivity index (χ4n) is 1.67. The monoisotopic (exact) mass is 254 g/mol. The van der Waals surface area contributed by atoms with Gasteiger partial charge in [-0.1, -0.05) is 31.4 Å². The van der Waals surface area contributed by atoms with Crippen molar-refractivity contribution in [2.75, 3.05) is 6.61 Å². The maximum atomic E-state index is 11.1. The topological polar surface area (TPSA) is 35.5 Å². The molecule has 19 heavy (non-hydrogen) atoms. The van der Waals surface area contributed by atoms with Gasteiger partial charge in [-0.25, -0.2) is 4.79 Å². The van der Waals surface area contributed by atoms with Crippen LogP contribution < -0.4 is 9.47 Å². The molecule has 0 radical (unpaired) electrons. The van der Waals surface area contributed by atoms with E-state index in [-0.39, 0.29) is 0 Å². The average molecular weight is 254 g/mol. The summed E-state index contributed by atoms with van der Waals surface area (Å²) in [5.74, 6) is 0.811. The molecule has 2 aromatic carbocycles. The maximum Gasteiger partial charge on any atom is 0.335 e. The first kappa shape index (κ1) is 12.9. The van der Waals surface area contributed by atoms with E-state index >= 15 is 0 Å². The summed E-state index contributed by atoms with van der Waals surface area (Å²) < 4.78 is 10.5. The van der Waals surface area contributed by atoms with Gasteiger partial charge in [-0.2, -0.15) is 0 Å². The van der Waals surface area contributed by atoms with E-state index < -0.39 is 5.97 Å². The van der Waals surface area contributed by atoms with Gasteiger partial charge in [0, 0.05) is 6.08 Å². The van der Waals surface area contributed by atoms with Gasteiger partial charge in [0.2, 0.25) is 0 Å². The van der Waals surface area contributed by atoms with Crippen LogP contribution in [0.4, 0.5) is 0 Å². The Kier molecular flexibility index (Phi) is 3.98. The molecule has 3 nitrogen and oxygen atoms in total. The van der Waals surface area contributed by atoms with Crippen LogP contribution in [0.1, 0.15) is 0 Å². The molecule has 0 saturated heterocycles. The van der Waals surface area contributed by atoms with Gasteiger partial charge in [0.05, 0.1) is 0 Å². The van der Waals surface area contributed by atoms with Crippen molar-refractivity contribution in [2.45, 2.75) is 0 Å². The zero-order valence-electron chi connectivity index (χ0n) is 10.5. The van der Waals surface area contributed by atoms with Crippen molar-refractivity contribution in [1.29, 1.82) is 0 Å². The molecule has 0 saturated carbocycles. The third-order valence-corrected chi connectivity index (χ3v) is 2.54. The first-order valence-electron chi connectivity index (χ1n) is 5.84. The first-order chi connectivity index (χ1) is 9.22. The second-order valence-corrected chi connectivity index (χ2v) is 3.90. The maximum absolute atomic E-state index is 11.1. The fraction of sp³-hybridized carbons (Fsp3) is 0.0625. The summed E-state index contributed by atoms with van der Waals surface area (Å²) in [6.45, 7) is 7.44. The summed E-state index contributed by atoms with van der Waals surface area (Å²) in [5, 5.41) is 1.99. The molecule has 0 unspecified atom stereocenters. The molecular formula is C16H14O3. The lowest BCUT2D eigenvalue weighted by molar-refractivity contribution is -0.128. The number of benzene rings is 2. The molecule has 0 heterocycles. The fourth-order valence-corrected chi connectivity index (χ4v) is 1.67. The summed E-state index contributed by atoms with van der Waals surface area (Å²) in [4.78, 5) is 11.1. The second kappa shape index (κ2) is 5.87. The van der Waals surface area contributed by atoms with E-state index in [1.807, 2.05) is 24.3 Å². The highest BCUT2D eigenvalue weighted by Crippen LogP contribution is 2.25. The summed E-state index contributed by atoms with van der Waals surface area (Å²) in [6, 6.07) is 11.1. The Morgan fingerprint density at radius 2 is 1.68 bits per heavy atom. The van der Waals surface area contributed by atoms with E-state index in [2.05, 4.69) is 13.2 Å². The quantitative estimate of drug-likeness (QED) is 0.354. The van der Waals surface area contributed by atoms with Gasteiger partial charge >= 0.3 is 5.97 Å². The Labute approximate surface area is 111 Å². The molecule has 0 aliphatic carbocycles. The number of carbonyl (C=O) groups excluding carboxylic acids is 1. The second-order valence-electron chi connectivity index (χ2n) is 3.90. The van der Waals surface area contributed by atoms with Crippen molar-refractivity contribution in [3.8, 4) is 11.5 Å². The first-order valence-corrected chi connectivity index (χ1v) is 5.84. The van der Waals surface area contributed by atoms with E-state index in [9.17, 15) is 4.79 Å². The highest BCUT2D eigenvalue weighted by Gasteiger charge is 2.02. The van der Waals surface area contributed by atoms with Crippen LogP contribution in [0.15, 0.2) is 61.7 Å². The standard InChI is InChI=1S/C16H14O3/c1-3-9-18-14-7-5-13-11-15(19-16(17)4-2)8-6-12(13)10-14/h3-8,10-11H,1-2,9H2. The molecule has 0 aromatic heterocycles. The molecule has 2 rings (SSSR count). The van der Waals surface area contributed by atoms with Crippen molar-refractivity contribution in [3.05, 3.63) is 61.7 Å². The largest absolute Gasteiger partial charge is 0.490 e. The molecule has 96 valence electrons. The van der Waals surface area contributed by atoms with Gasteiger partial charge in [0.1, 0.15) is 18.1 Å². The van der Waals surface area contributed by atoms with Crippen LogP contribution in [-0.4, -0.2) is 12.6 Å². The minimum absolute atomic E-state index is 0.467. The van der Waals surface area contributed by atoms with E-state index in [4.69, 9.17) is 9.47 Å². The lowest BCUT2D eigenvalue weighted by atomic mass is 10.1. The molecule has 3 heteroatoms. The predicted molar refractivity (Wildman–Crippen MR) is 75.5 cm³/mol. The lowest BCUT2D eigenvalue weighted by Gasteiger charge is -2.06. The van der Waals surface area contributed by atoms with Gasteiger partial charge < -0.3 is 9.47 Å². The van der Waals surface area contributed by atoms with Crippen LogP contribution in [-0.2, 0) is 4.79 Å². The minimum Gasteiger partial charge on any atom is -0.490 e. The van der Waals surface area contributed by atoms with Crippen LogP contribution in [0.25, 0.3) is 10.8 Å². The third kappa shape index (κ3) is 3.22. The smallest absolute Gasteiger partial charge is 0.335 e. The van der Waals surface area contributed by atoms with Gasteiger partial charge in [0.15, 0.2) is 0 Å². The number of hydrogen-bond acceptors (Lipinski definition) is 3. The summed E-state index contributed by atoms with van der Waals surface area (Å²) in [7, 11) is 0. The SMILES string of the molecule is C=CCOc1ccc2cc(OC(=O)C=C)ccc2c1. The molecule has 0 aliphatic rings. The van der Waals surface area contributed by atoms with Crippen LogP contribution in [0.3, 0.4) is 0 Å². The predicted octanol–water partition coefficient (Wildman–Crippen LogP) is 3.50. The Balaban J connectivity index is 2.26. The van der Waals surface area contributed by atoms with Crippen LogP contribution in [0, 0.1) is 0 Å². The Morgan fingerprint density at radius 3 is 2.32 bits per heavy atom. The molecule has 0 aliphatic heterocycles. The number of hydrogen-bond donors (Lipinski definition) is 0. The van der Waals surface area contributed by atoms with E-state index in [0.29, 0.717) is 12.4 Å². The van der Waals surface area contributed by atoms with Gasteiger partial charge in [-0.15, -0.1) is 0 Å². The molecule has 0 bridgehead atoms. The number of fused-ring (bicyclic) bond motifs is 1. The van der Waals surface area contributed by atoms with Crippen LogP contribution in [0.2, 0.25) is 0 Å². The Hall–Kier alpha value is -2.55. The van der Waals surface area contributed by atoms with Crippen molar-refractivity contribution in [3.63, 3.8) is 0 Å². The Bertz CT molecular complexity index is 629. The number of rotatable bonds is 5. The zero-order chi connectivity index (χ0) is 13.7. The molecule has 2 aromatic rings. The number of ether oxygens (including phenoxy) is 2. The number of carbonyl (C=O) groups is 1. The average Bonchev–Trinajstić information content (AvgIpc) is 2.44. The zero-order valence-corrected chi connectivity index (χ0v) is 10.5. The van der Waals surface area contributed by atoms with Crippen molar-refractivity contribution < 1.29 is 14.3 Å². The van der Waals surface area contributed by atoms with Gasteiger partial charge in [0.25, 0.3) is 0 Å². The molecular weight excluding hydrogens is 240 g/mol. The highest BCUT2D eigenvalue weighted by molar-refractivity contribution is 5.87. The van der Waals surface area contributed by atoms with Crippen LogP contribution in [0.5, 0.6) is 11.5 Å². The third-order valence-electron chi connectivity index (χ3n) is 2.54. The van der Waals surface area contributed by atoms with Crippen molar-refractivity contribution in [1.82, 2.24) is 0 Å². The van der Waals surface area contributed by atoms with Gasteiger partial charge in [-0.05, 0) is 35.0 Å². The number of esters is 1. The normalized spacial score (nSPS) is 9.89. The molecule has 0 spiro atoms. The van der Waals surface area contributed by atoms with Gasteiger partial charge in [-0.3, -0.25) is 0 Å². The molecule has 0 amide bonds. The minimum atomic E-state index is -0.467. The van der Waals surface area contributed by atoms with Crippen LogP contribution >= 0.6 is 0 Å². The van der Waals surface area contributed by atoms with E-state index in [0.717, 1.165) is 22.6 Å². The molecule has 0 atom stereocenters. The summed E-state index contributed by atoms with van der Waals surface area (Å²) in [6.07, 6.45) is 2.83.